The molecular formula is C12H13ClFNO. The summed E-state index contributed by atoms with van der Waals surface area (Å²) in [5, 5.41) is 1.04. The highest BCUT2D eigenvalue weighted by Crippen LogP contribution is 2.22. The molecule has 0 bridgehead atoms. The maximum absolute atomic E-state index is 13.2. The molecular weight excluding hydrogens is 229 g/mol. The van der Waals surface area contributed by atoms with Crippen molar-refractivity contribution in [1.29, 1.82) is 0 Å². The number of benzene rings is 1. The van der Waals surface area contributed by atoms with E-state index in [-0.39, 0.29) is 5.88 Å². The third-order valence-electron chi connectivity index (χ3n) is 2.54. The Kier molecular flexibility index (Phi) is 3.34. The minimum Gasteiger partial charge on any atom is -0.497 e. The maximum atomic E-state index is 13.2. The van der Waals surface area contributed by atoms with E-state index in [4.69, 9.17) is 16.3 Å². The Morgan fingerprint density at radius 1 is 1.44 bits per heavy atom. The fourth-order valence-corrected chi connectivity index (χ4v) is 1.82. The van der Waals surface area contributed by atoms with E-state index in [1.807, 2.05) is 35.0 Å². The lowest BCUT2D eigenvalue weighted by Gasteiger charge is -2.08. The quantitative estimate of drug-likeness (QED) is 0.750. The van der Waals surface area contributed by atoms with Crippen molar-refractivity contribution in [2.45, 2.75) is 12.7 Å². The second kappa shape index (κ2) is 4.74. The molecule has 2 aromatic rings. The summed E-state index contributed by atoms with van der Waals surface area (Å²) in [6.07, 6.45) is 0.850. The summed E-state index contributed by atoms with van der Waals surface area (Å²) in [4.78, 5) is 0. The fraction of sp³-hybridized carbons (Fsp3) is 0.333. The first-order valence-electron chi connectivity index (χ1n) is 5.07. The zero-order chi connectivity index (χ0) is 11.5. The van der Waals surface area contributed by atoms with Gasteiger partial charge in [-0.1, -0.05) is 0 Å². The second-order valence-corrected chi connectivity index (χ2v) is 3.95. The molecule has 16 heavy (non-hydrogen) atoms. The van der Waals surface area contributed by atoms with Crippen LogP contribution in [0.3, 0.4) is 0 Å². The van der Waals surface area contributed by atoms with Gasteiger partial charge in [-0.25, -0.2) is 4.39 Å². The Morgan fingerprint density at radius 2 is 2.25 bits per heavy atom. The maximum Gasteiger partial charge on any atom is 0.131 e. The fourth-order valence-electron chi connectivity index (χ4n) is 1.73. The van der Waals surface area contributed by atoms with Crippen molar-refractivity contribution < 1.29 is 9.13 Å². The number of methoxy groups -OCH3 is 1. The average molecular weight is 242 g/mol. The van der Waals surface area contributed by atoms with Crippen LogP contribution in [0, 0.1) is 0 Å². The van der Waals surface area contributed by atoms with Crippen LogP contribution in [0.4, 0.5) is 4.39 Å². The molecule has 1 aromatic heterocycles. The van der Waals surface area contributed by atoms with Crippen molar-refractivity contribution in [2.75, 3.05) is 13.0 Å². The van der Waals surface area contributed by atoms with Gasteiger partial charge in [0.2, 0.25) is 0 Å². The molecule has 0 aliphatic heterocycles. The Labute approximate surface area is 98.6 Å². The predicted octanol–water partition coefficient (Wildman–Crippen LogP) is 3.23. The molecule has 0 saturated heterocycles. The predicted molar refractivity (Wildman–Crippen MR) is 64.1 cm³/mol. The Bertz CT molecular complexity index is 483. The minimum atomic E-state index is -1.01. The van der Waals surface area contributed by atoms with Gasteiger partial charge in [-0.3, -0.25) is 0 Å². The van der Waals surface area contributed by atoms with Crippen molar-refractivity contribution in [2.24, 2.45) is 0 Å². The van der Waals surface area contributed by atoms with Gasteiger partial charge in [0.15, 0.2) is 0 Å². The first-order chi connectivity index (χ1) is 7.74. The number of alkyl halides is 2. The Morgan fingerprint density at radius 3 is 2.94 bits per heavy atom. The van der Waals surface area contributed by atoms with Gasteiger partial charge in [-0.2, -0.15) is 0 Å². The number of halogens is 2. The molecule has 0 N–H and O–H groups in total. The second-order valence-electron chi connectivity index (χ2n) is 3.64. The summed E-state index contributed by atoms with van der Waals surface area (Å²) in [6, 6.07) is 7.67. The Hall–Kier alpha value is -1.22. The molecule has 0 aliphatic rings. The molecule has 2 rings (SSSR count). The van der Waals surface area contributed by atoms with Crippen molar-refractivity contribution in [1.82, 2.24) is 4.57 Å². The van der Waals surface area contributed by atoms with Crippen molar-refractivity contribution in [3.63, 3.8) is 0 Å². The number of rotatable bonds is 4. The summed E-state index contributed by atoms with van der Waals surface area (Å²) < 4.78 is 20.2. The van der Waals surface area contributed by atoms with Gasteiger partial charge in [0, 0.05) is 17.1 Å². The molecule has 1 aromatic carbocycles. The Balaban J connectivity index is 2.34. The van der Waals surface area contributed by atoms with Gasteiger partial charge in [0.05, 0.1) is 19.5 Å². The number of hydrogen-bond donors (Lipinski definition) is 0. The molecule has 0 spiro atoms. The molecule has 4 heteroatoms. The number of ether oxygens (including phenoxy) is 1. The van der Waals surface area contributed by atoms with Crippen LogP contribution in [0.5, 0.6) is 5.75 Å². The first-order valence-corrected chi connectivity index (χ1v) is 5.61. The van der Waals surface area contributed by atoms with Gasteiger partial charge in [0.1, 0.15) is 11.9 Å². The van der Waals surface area contributed by atoms with Crippen LogP contribution in [-0.4, -0.2) is 23.7 Å². The number of hydrogen-bond acceptors (Lipinski definition) is 1. The molecule has 0 fully saturated rings. The van der Waals surface area contributed by atoms with Gasteiger partial charge in [-0.05, 0) is 24.3 Å². The molecule has 0 saturated carbocycles. The van der Waals surface area contributed by atoms with Crippen molar-refractivity contribution in [3.05, 3.63) is 30.5 Å². The van der Waals surface area contributed by atoms with Crippen LogP contribution >= 0.6 is 11.6 Å². The molecule has 0 aliphatic carbocycles. The first kappa shape index (κ1) is 11.3. The molecule has 0 amide bonds. The van der Waals surface area contributed by atoms with Crippen LogP contribution in [-0.2, 0) is 6.54 Å². The average Bonchev–Trinajstić information content (AvgIpc) is 2.71. The highest BCUT2D eigenvalue weighted by molar-refractivity contribution is 6.18. The highest BCUT2D eigenvalue weighted by Gasteiger charge is 2.08. The van der Waals surface area contributed by atoms with Crippen LogP contribution in [0.25, 0.3) is 10.9 Å². The molecule has 1 unspecified atom stereocenters. The zero-order valence-electron chi connectivity index (χ0n) is 8.99. The summed E-state index contributed by atoms with van der Waals surface area (Å²) >= 11 is 5.46. The zero-order valence-corrected chi connectivity index (χ0v) is 9.75. The normalized spacial score (nSPS) is 12.9. The van der Waals surface area contributed by atoms with Crippen LogP contribution < -0.4 is 4.74 Å². The van der Waals surface area contributed by atoms with E-state index in [1.54, 1.807) is 7.11 Å². The van der Waals surface area contributed by atoms with Gasteiger partial charge >= 0.3 is 0 Å². The van der Waals surface area contributed by atoms with E-state index in [1.165, 1.54) is 0 Å². The monoisotopic (exact) mass is 241 g/mol. The molecule has 1 atom stereocenters. The van der Waals surface area contributed by atoms with E-state index in [0.29, 0.717) is 6.54 Å². The molecule has 0 radical (unpaired) electrons. The lowest BCUT2D eigenvalue weighted by Crippen LogP contribution is -2.11. The highest BCUT2D eigenvalue weighted by atomic mass is 35.5. The van der Waals surface area contributed by atoms with E-state index >= 15 is 0 Å². The summed E-state index contributed by atoms with van der Waals surface area (Å²) in [7, 11) is 1.63. The van der Waals surface area contributed by atoms with E-state index in [9.17, 15) is 4.39 Å². The number of nitrogens with zero attached hydrogens (tertiary/aromatic N) is 1. The molecule has 1 heterocycles. The van der Waals surface area contributed by atoms with Crippen LogP contribution in [0.2, 0.25) is 0 Å². The summed E-state index contributed by atoms with van der Waals surface area (Å²) in [5.41, 5.74) is 0.994. The number of aromatic nitrogens is 1. The third kappa shape index (κ3) is 2.14. The lowest BCUT2D eigenvalue weighted by atomic mass is 10.2. The molecule has 86 valence electrons. The third-order valence-corrected chi connectivity index (χ3v) is 2.88. The summed E-state index contributed by atoms with van der Waals surface area (Å²) in [6.45, 7) is 0.291. The van der Waals surface area contributed by atoms with Crippen molar-refractivity contribution in [3.8, 4) is 5.75 Å². The largest absolute Gasteiger partial charge is 0.497 e. The standard InChI is InChI=1S/C12H13ClFNO/c1-16-11-2-3-12-9(6-11)4-5-15(12)8-10(14)7-13/h2-6,10H,7-8H2,1H3. The van der Waals surface area contributed by atoms with Crippen LogP contribution in [0.1, 0.15) is 0 Å². The van der Waals surface area contributed by atoms with E-state index in [2.05, 4.69) is 0 Å². The molecule has 2 nitrogen and oxygen atoms in total. The SMILES string of the molecule is COc1ccc2c(ccn2CC(F)CCl)c1. The van der Waals surface area contributed by atoms with Gasteiger partial charge < -0.3 is 9.30 Å². The van der Waals surface area contributed by atoms with Crippen LogP contribution in [0.15, 0.2) is 30.5 Å². The van der Waals surface area contributed by atoms with Gasteiger partial charge in [0.25, 0.3) is 0 Å². The van der Waals surface area contributed by atoms with Gasteiger partial charge in [-0.15, -0.1) is 11.6 Å². The summed E-state index contributed by atoms with van der Waals surface area (Å²) in [5.74, 6) is 0.829. The minimum absolute atomic E-state index is 0.0236. The van der Waals surface area contributed by atoms with E-state index in [0.717, 1.165) is 16.7 Å². The van der Waals surface area contributed by atoms with Crippen molar-refractivity contribution >= 4 is 22.5 Å². The smallest absolute Gasteiger partial charge is 0.131 e. The topological polar surface area (TPSA) is 14.2 Å². The lowest BCUT2D eigenvalue weighted by molar-refractivity contribution is 0.328. The van der Waals surface area contributed by atoms with E-state index < -0.39 is 6.17 Å². The number of fused-ring (bicyclic) bond motifs is 1.